The van der Waals surface area contributed by atoms with Crippen LogP contribution in [0.4, 0.5) is 0 Å². The van der Waals surface area contributed by atoms with Crippen LogP contribution < -0.4 is 15.4 Å². The van der Waals surface area contributed by atoms with Crippen molar-refractivity contribution in [1.29, 1.82) is 0 Å². The molecular weight excluding hydrogens is 466 g/mol. The predicted octanol–water partition coefficient (Wildman–Crippen LogP) is 4.37. The predicted molar refractivity (Wildman–Crippen MR) is 143 cm³/mol. The number of hydrogen-bond donors (Lipinski definition) is 2. The van der Waals surface area contributed by atoms with Gasteiger partial charge < -0.3 is 20.3 Å². The van der Waals surface area contributed by atoms with E-state index in [0.717, 1.165) is 40.8 Å². The van der Waals surface area contributed by atoms with Crippen LogP contribution in [0.3, 0.4) is 0 Å². The summed E-state index contributed by atoms with van der Waals surface area (Å²) in [7, 11) is 1.59. The standard InChI is InChI=1S/C30H33N3O4/c1-21(34)32-28(24-13-15-26(37-2)16-14-24)18-29(35)31-19-25-6-3-4-7-27(25)23-11-9-22(10-12-23)20-33-17-5-8-30(33)36/h3-4,6-7,9-16,28H,5,8,17-20H2,1-2H3,(H,31,35)(H,32,34)/t28-/m1/s1. The molecule has 1 atom stereocenters. The van der Waals surface area contributed by atoms with E-state index in [1.165, 1.54) is 6.92 Å². The van der Waals surface area contributed by atoms with E-state index in [2.05, 4.69) is 34.9 Å². The third-order valence-electron chi connectivity index (χ3n) is 6.59. The summed E-state index contributed by atoms with van der Waals surface area (Å²) in [6.45, 7) is 3.28. The SMILES string of the molecule is COc1ccc([C@@H](CC(=O)NCc2ccccc2-c2ccc(CN3CCCC3=O)cc2)NC(C)=O)cc1. The number of rotatable bonds is 10. The van der Waals surface area contributed by atoms with Gasteiger partial charge in [0.25, 0.3) is 0 Å². The minimum absolute atomic E-state index is 0.123. The molecule has 1 fully saturated rings. The van der Waals surface area contributed by atoms with Crippen LogP contribution in [0.1, 0.15) is 48.9 Å². The maximum atomic E-state index is 12.9. The molecule has 2 N–H and O–H groups in total. The maximum absolute atomic E-state index is 12.9. The molecule has 1 aliphatic rings. The number of ether oxygens (including phenoxy) is 1. The Balaban J connectivity index is 1.40. The normalized spacial score (nSPS) is 13.8. The van der Waals surface area contributed by atoms with E-state index in [9.17, 15) is 14.4 Å². The first-order valence-corrected chi connectivity index (χ1v) is 12.6. The van der Waals surface area contributed by atoms with Crippen LogP contribution in [0.2, 0.25) is 0 Å². The van der Waals surface area contributed by atoms with Crippen LogP contribution in [0.15, 0.2) is 72.8 Å². The Kier molecular flexibility index (Phi) is 8.56. The molecule has 0 aromatic heterocycles. The fraction of sp³-hybridized carbons (Fsp3) is 0.300. The van der Waals surface area contributed by atoms with Crippen molar-refractivity contribution >= 4 is 17.7 Å². The third-order valence-corrected chi connectivity index (χ3v) is 6.59. The minimum atomic E-state index is -0.436. The number of nitrogens with zero attached hydrogens (tertiary/aromatic N) is 1. The number of likely N-dealkylation sites (tertiary alicyclic amines) is 1. The zero-order valence-electron chi connectivity index (χ0n) is 21.3. The molecule has 7 nitrogen and oxygen atoms in total. The molecule has 0 bridgehead atoms. The largest absolute Gasteiger partial charge is 0.497 e. The molecule has 1 saturated heterocycles. The Morgan fingerprint density at radius 2 is 1.73 bits per heavy atom. The Bertz CT molecular complexity index is 1240. The smallest absolute Gasteiger partial charge is 0.222 e. The van der Waals surface area contributed by atoms with Gasteiger partial charge in [-0.2, -0.15) is 0 Å². The molecule has 4 rings (SSSR count). The number of nitrogens with one attached hydrogen (secondary N) is 2. The molecule has 1 aliphatic heterocycles. The Labute approximate surface area is 217 Å². The second-order valence-corrected chi connectivity index (χ2v) is 9.28. The Hall–Kier alpha value is -4.13. The van der Waals surface area contributed by atoms with Crippen molar-refractivity contribution in [3.8, 4) is 16.9 Å². The molecule has 0 radical (unpaired) electrons. The molecule has 3 amide bonds. The quantitative estimate of drug-likeness (QED) is 0.434. The average Bonchev–Trinajstić information content (AvgIpc) is 3.31. The van der Waals surface area contributed by atoms with Crippen LogP contribution in [0.5, 0.6) is 5.75 Å². The lowest BCUT2D eigenvalue weighted by Gasteiger charge is -2.19. The lowest BCUT2D eigenvalue weighted by atomic mass is 9.98. The summed E-state index contributed by atoms with van der Waals surface area (Å²) < 4.78 is 5.20. The zero-order chi connectivity index (χ0) is 26.2. The van der Waals surface area contributed by atoms with Gasteiger partial charge in [0.2, 0.25) is 17.7 Å². The summed E-state index contributed by atoms with van der Waals surface area (Å²) in [4.78, 5) is 38.5. The number of carbonyl (C=O) groups is 3. The van der Waals surface area contributed by atoms with Crippen molar-refractivity contribution in [2.45, 2.75) is 45.3 Å². The molecule has 3 aromatic rings. The van der Waals surface area contributed by atoms with E-state index < -0.39 is 6.04 Å². The number of methoxy groups -OCH3 is 1. The number of hydrogen-bond acceptors (Lipinski definition) is 4. The van der Waals surface area contributed by atoms with Gasteiger partial charge in [-0.1, -0.05) is 60.7 Å². The highest BCUT2D eigenvalue weighted by Gasteiger charge is 2.20. The van der Waals surface area contributed by atoms with Crippen LogP contribution in [0.25, 0.3) is 11.1 Å². The highest BCUT2D eigenvalue weighted by molar-refractivity contribution is 5.80. The van der Waals surface area contributed by atoms with Gasteiger partial charge in [-0.25, -0.2) is 0 Å². The van der Waals surface area contributed by atoms with E-state index in [-0.39, 0.29) is 24.1 Å². The summed E-state index contributed by atoms with van der Waals surface area (Å²) in [6.07, 6.45) is 1.70. The molecule has 1 heterocycles. The number of benzene rings is 3. The molecule has 0 saturated carbocycles. The third kappa shape index (κ3) is 6.97. The number of carbonyl (C=O) groups excluding carboxylic acids is 3. The van der Waals surface area contributed by atoms with Gasteiger partial charge in [0.15, 0.2) is 0 Å². The second kappa shape index (κ2) is 12.2. The first kappa shape index (κ1) is 25.9. The highest BCUT2D eigenvalue weighted by atomic mass is 16.5. The summed E-state index contributed by atoms with van der Waals surface area (Å²) in [5.74, 6) is 0.577. The maximum Gasteiger partial charge on any atom is 0.222 e. The monoisotopic (exact) mass is 499 g/mol. The highest BCUT2D eigenvalue weighted by Crippen LogP contribution is 2.25. The molecule has 37 heavy (non-hydrogen) atoms. The van der Waals surface area contributed by atoms with Crippen molar-refractivity contribution in [3.63, 3.8) is 0 Å². The van der Waals surface area contributed by atoms with Gasteiger partial charge in [0.1, 0.15) is 5.75 Å². The van der Waals surface area contributed by atoms with Gasteiger partial charge in [-0.05, 0) is 46.4 Å². The first-order valence-electron chi connectivity index (χ1n) is 12.6. The average molecular weight is 500 g/mol. The van der Waals surface area contributed by atoms with Crippen molar-refractivity contribution in [2.75, 3.05) is 13.7 Å². The molecular formula is C30H33N3O4. The van der Waals surface area contributed by atoms with Crippen molar-refractivity contribution < 1.29 is 19.1 Å². The lowest BCUT2D eigenvalue weighted by Crippen LogP contribution is -2.32. The fourth-order valence-electron chi connectivity index (χ4n) is 4.62. The summed E-state index contributed by atoms with van der Waals surface area (Å²) >= 11 is 0. The molecule has 0 unspecified atom stereocenters. The van der Waals surface area contributed by atoms with E-state index in [4.69, 9.17) is 4.74 Å². The first-order chi connectivity index (χ1) is 17.9. The zero-order valence-corrected chi connectivity index (χ0v) is 21.3. The molecule has 192 valence electrons. The van der Waals surface area contributed by atoms with Gasteiger partial charge in [0.05, 0.1) is 19.6 Å². The Morgan fingerprint density at radius 1 is 1.00 bits per heavy atom. The van der Waals surface area contributed by atoms with E-state index in [1.807, 2.05) is 53.4 Å². The topological polar surface area (TPSA) is 87.7 Å². The van der Waals surface area contributed by atoms with Crippen molar-refractivity contribution in [1.82, 2.24) is 15.5 Å². The van der Waals surface area contributed by atoms with Gasteiger partial charge in [-0.15, -0.1) is 0 Å². The Morgan fingerprint density at radius 3 is 2.38 bits per heavy atom. The second-order valence-electron chi connectivity index (χ2n) is 9.28. The summed E-state index contributed by atoms with van der Waals surface area (Å²) in [5.41, 5.74) is 5.03. The van der Waals surface area contributed by atoms with Crippen LogP contribution in [-0.4, -0.2) is 36.3 Å². The van der Waals surface area contributed by atoms with Crippen LogP contribution >= 0.6 is 0 Å². The molecule has 3 aromatic carbocycles. The summed E-state index contributed by atoms with van der Waals surface area (Å²) in [5, 5.41) is 5.88. The van der Waals surface area contributed by atoms with E-state index >= 15 is 0 Å². The fourth-order valence-corrected chi connectivity index (χ4v) is 4.62. The van der Waals surface area contributed by atoms with Crippen molar-refractivity contribution in [2.24, 2.45) is 0 Å². The van der Waals surface area contributed by atoms with E-state index in [1.54, 1.807) is 7.11 Å². The molecule has 0 spiro atoms. The van der Waals surface area contributed by atoms with Crippen LogP contribution in [0, 0.1) is 0 Å². The van der Waals surface area contributed by atoms with Gasteiger partial charge in [0, 0.05) is 33.0 Å². The van der Waals surface area contributed by atoms with Crippen molar-refractivity contribution in [3.05, 3.63) is 89.5 Å². The summed E-state index contributed by atoms with van der Waals surface area (Å²) in [6, 6.07) is 23.1. The minimum Gasteiger partial charge on any atom is -0.497 e. The lowest BCUT2D eigenvalue weighted by molar-refractivity contribution is -0.128. The molecule has 7 heteroatoms. The van der Waals surface area contributed by atoms with Gasteiger partial charge >= 0.3 is 0 Å². The number of amides is 3. The molecule has 0 aliphatic carbocycles. The van der Waals surface area contributed by atoms with Gasteiger partial charge in [-0.3, -0.25) is 14.4 Å². The van der Waals surface area contributed by atoms with Crippen LogP contribution in [-0.2, 0) is 27.5 Å². The van der Waals surface area contributed by atoms with E-state index in [0.29, 0.717) is 25.3 Å².